The van der Waals surface area contributed by atoms with Gasteiger partial charge in [0.2, 0.25) is 0 Å². The number of unbranched alkanes of at least 4 members (excludes halogenated alkanes) is 8. The van der Waals surface area contributed by atoms with E-state index in [1.807, 2.05) is 43.4 Å². The van der Waals surface area contributed by atoms with Crippen LogP contribution in [0.3, 0.4) is 0 Å². The van der Waals surface area contributed by atoms with Crippen molar-refractivity contribution in [2.45, 2.75) is 148 Å². The van der Waals surface area contributed by atoms with Crippen molar-refractivity contribution in [3.63, 3.8) is 0 Å². The summed E-state index contributed by atoms with van der Waals surface area (Å²) in [5.41, 5.74) is 0. The summed E-state index contributed by atoms with van der Waals surface area (Å²) < 4.78 is 47.5. The van der Waals surface area contributed by atoms with Crippen molar-refractivity contribution in [3.8, 4) is 0 Å². The third-order valence-corrected chi connectivity index (χ3v) is 9.43. The number of phosphoric acid groups is 2. The molecule has 5 N–H and O–H groups in total. The van der Waals surface area contributed by atoms with Gasteiger partial charge in [-0.2, -0.15) is 0 Å². The summed E-state index contributed by atoms with van der Waals surface area (Å²) in [7, 11) is -9.70. The van der Waals surface area contributed by atoms with Crippen LogP contribution in [-0.2, 0) is 41.8 Å². The molecular weight excluding hydrogens is 766 g/mol. The van der Waals surface area contributed by atoms with Gasteiger partial charge < -0.3 is 34.4 Å². The SMILES string of the molecule is CC[C@@H](O)/C=C/C=C\C/C=C\C/C=C\C/C=C\CCCC(=O)O[C@H](COC(=O)CCCCCCCCCCC(C)C)COP(=O)(O)OC[C@@H](O)COP(=O)(O)O. The number of carbonyl (C=O) groups excluding carboxylic acids is 2. The predicted octanol–water partition coefficient (Wildman–Crippen LogP) is 8.49. The fourth-order valence-electron chi connectivity index (χ4n) is 4.81. The largest absolute Gasteiger partial charge is 0.472 e. The summed E-state index contributed by atoms with van der Waals surface area (Å²) in [6.45, 7) is 3.58. The first-order valence-corrected chi connectivity index (χ1v) is 23.0. The van der Waals surface area contributed by atoms with E-state index in [9.17, 15) is 33.8 Å². The highest BCUT2D eigenvalue weighted by Crippen LogP contribution is 2.43. The summed E-state index contributed by atoms with van der Waals surface area (Å²) >= 11 is 0. The fourth-order valence-corrected chi connectivity index (χ4v) is 5.97. The topological polar surface area (TPSA) is 216 Å². The maximum absolute atomic E-state index is 12.6. The second kappa shape index (κ2) is 34.8. The molecule has 324 valence electrons. The van der Waals surface area contributed by atoms with Gasteiger partial charge in [0.1, 0.15) is 12.7 Å². The van der Waals surface area contributed by atoms with E-state index in [0.29, 0.717) is 25.7 Å². The number of phosphoric ester groups is 2. The number of rotatable bonds is 36. The van der Waals surface area contributed by atoms with Crippen molar-refractivity contribution in [2.75, 3.05) is 26.4 Å². The highest BCUT2D eigenvalue weighted by molar-refractivity contribution is 7.47. The number of hydrogen-bond acceptors (Lipinski definition) is 11. The maximum Gasteiger partial charge on any atom is 0.472 e. The Balaban J connectivity index is 4.69. The van der Waals surface area contributed by atoms with Gasteiger partial charge in [-0.15, -0.1) is 0 Å². The monoisotopic (exact) mass is 836 g/mol. The van der Waals surface area contributed by atoms with E-state index in [1.54, 1.807) is 6.08 Å². The molecule has 0 aliphatic carbocycles. The molecule has 0 aromatic carbocycles. The van der Waals surface area contributed by atoms with Gasteiger partial charge in [0, 0.05) is 12.8 Å². The third-order valence-electron chi connectivity index (χ3n) is 8.00. The Kier molecular flexibility index (Phi) is 33.4. The first-order valence-electron chi connectivity index (χ1n) is 19.9. The summed E-state index contributed by atoms with van der Waals surface area (Å²) in [4.78, 5) is 52.5. The number of allylic oxidation sites excluding steroid dienone is 9. The van der Waals surface area contributed by atoms with Crippen molar-refractivity contribution in [1.82, 2.24) is 0 Å². The van der Waals surface area contributed by atoms with Gasteiger partial charge in [0.05, 0.1) is 25.9 Å². The highest BCUT2D eigenvalue weighted by atomic mass is 31.2. The molecular formula is C40H70O14P2. The van der Waals surface area contributed by atoms with Crippen LogP contribution in [-0.4, -0.2) is 81.6 Å². The van der Waals surface area contributed by atoms with E-state index in [4.69, 9.17) is 23.8 Å². The molecule has 0 saturated carbocycles. The normalized spacial score (nSPS) is 15.4. The first-order chi connectivity index (χ1) is 26.6. The van der Waals surface area contributed by atoms with E-state index in [-0.39, 0.29) is 12.8 Å². The van der Waals surface area contributed by atoms with Crippen LogP contribution in [0.1, 0.15) is 130 Å². The zero-order valence-electron chi connectivity index (χ0n) is 33.7. The average Bonchev–Trinajstić information content (AvgIpc) is 3.14. The number of carbonyl (C=O) groups is 2. The molecule has 0 heterocycles. The molecule has 0 bridgehead atoms. The number of aliphatic hydroxyl groups is 2. The molecule has 0 spiro atoms. The second-order valence-electron chi connectivity index (χ2n) is 13.9. The van der Waals surface area contributed by atoms with Gasteiger partial charge in [-0.05, 0) is 50.9 Å². The summed E-state index contributed by atoms with van der Waals surface area (Å²) in [5.74, 6) is -0.391. The molecule has 56 heavy (non-hydrogen) atoms. The lowest BCUT2D eigenvalue weighted by Gasteiger charge is -2.20. The Morgan fingerprint density at radius 2 is 1.16 bits per heavy atom. The predicted molar refractivity (Wildman–Crippen MR) is 217 cm³/mol. The molecule has 0 aliphatic rings. The summed E-state index contributed by atoms with van der Waals surface area (Å²) in [6, 6.07) is 0. The van der Waals surface area contributed by atoms with Crippen molar-refractivity contribution in [2.24, 2.45) is 5.92 Å². The van der Waals surface area contributed by atoms with Crippen LogP contribution in [0, 0.1) is 5.92 Å². The number of esters is 2. The van der Waals surface area contributed by atoms with Crippen molar-refractivity contribution >= 4 is 27.6 Å². The number of aliphatic hydroxyl groups excluding tert-OH is 2. The van der Waals surface area contributed by atoms with Gasteiger partial charge >= 0.3 is 27.6 Å². The van der Waals surface area contributed by atoms with E-state index in [2.05, 4.69) is 41.1 Å². The standard InChI is InChI=1S/C40H70O14P2/c1-4-36(41)28-24-20-16-11-9-7-5-6-8-10-12-18-22-26-30-40(44)54-38(34-53-56(48,49)52-32-37(42)31-51-55(45,46)47)33-50-39(43)29-25-21-17-14-13-15-19-23-27-35(2)3/h6-9,12,16,18,20,24,28,35-38,41-42H,4-5,10-11,13-15,17,19,21-23,25-27,29-34H2,1-3H3,(H,48,49)(H2,45,46,47)/b8-6-,9-7-,18-12-,20-16-,28-24+/t36-,37+,38-/m1/s1. The Hall–Kier alpha value is -2.22. The van der Waals surface area contributed by atoms with Crippen molar-refractivity contribution < 1.29 is 66.7 Å². The van der Waals surface area contributed by atoms with Crippen LogP contribution in [0.2, 0.25) is 0 Å². The van der Waals surface area contributed by atoms with Crippen LogP contribution in [0.5, 0.6) is 0 Å². The van der Waals surface area contributed by atoms with Crippen LogP contribution in [0.25, 0.3) is 0 Å². The molecule has 0 amide bonds. The highest BCUT2D eigenvalue weighted by Gasteiger charge is 2.28. The van der Waals surface area contributed by atoms with E-state index in [0.717, 1.165) is 44.4 Å². The van der Waals surface area contributed by atoms with Crippen LogP contribution >= 0.6 is 15.6 Å². The van der Waals surface area contributed by atoms with Gasteiger partial charge in [-0.1, -0.05) is 133 Å². The van der Waals surface area contributed by atoms with Crippen LogP contribution < -0.4 is 0 Å². The molecule has 0 saturated heterocycles. The van der Waals surface area contributed by atoms with E-state index >= 15 is 0 Å². The zero-order chi connectivity index (χ0) is 41.9. The quantitative estimate of drug-likeness (QED) is 0.0132. The van der Waals surface area contributed by atoms with E-state index < -0.39 is 72.3 Å². The number of ether oxygens (including phenoxy) is 2. The molecule has 0 aromatic rings. The Labute approximate surface area is 334 Å². The van der Waals surface area contributed by atoms with E-state index in [1.165, 1.54) is 32.1 Å². The molecule has 16 heteroatoms. The molecule has 4 atom stereocenters. The average molecular weight is 837 g/mol. The van der Waals surface area contributed by atoms with Gasteiger partial charge in [-0.3, -0.25) is 23.2 Å². The molecule has 0 radical (unpaired) electrons. The smallest absolute Gasteiger partial charge is 0.462 e. The summed E-state index contributed by atoms with van der Waals surface area (Å²) in [5, 5.41) is 19.2. The molecule has 0 aliphatic heterocycles. The molecule has 14 nitrogen and oxygen atoms in total. The fraction of sp³-hybridized carbons (Fsp3) is 0.700. The Morgan fingerprint density at radius 1 is 0.625 bits per heavy atom. The van der Waals surface area contributed by atoms with Gasteiger partial charge in [-0.25, -0.2) is 9.13 Å². The number of hydrogen-bond donors (Lipinski definition) is 5. The van der Waals surface area contributed by atoms with Gasteiger partial charge in [0.25, 0.3) is 0 Å². The van der Waals surface area contributed by atoms with Gasteiger partial charge in [0.15, 0.2) is 6.10 Å². The molecule has 0 rings (SSSR count). The second-order valence-corrected chi connectivity index (χ2v) is 16.6. The molecule has 0 aromatic heterocycles. The zero-order valence-corrected chi connectivity index (χ0v) is 35.5. The van der Waals surface area contributed by atoms with Crippen LogP contribution in [0.4, 0.5) is 0 Å². The van der Waals surface area contributed by atoms with Crippen LogP contribution in [0.15, 0.2) is 60.8 Å². The molecule has 1 unspecified atom stereocenters. The lowest BCUT2D eigenvalue weighted by Crippen LogP contribution is -2.29. The third kappa shape index (κ3) is 38.6. The first kappa shape index (κ1) is 53.8. The Morgan fingerprint density at radius 3 is 1.77 bits per heavy atom. The minimum absolute atomic E-state index is 0.0373. The minimum atomic E-state index is -4.87. The maximum atomic E-state index is 12.6. The van der Waals surface area contributed by atoms with Crippen molar-refractivity contribution in [3.05, 3.63) is 60.8 Å². The van der Waals surface area contributed by atoms with Crippen molar-refractivity contribution in [1.29, 1.82) is 0 Å². The minimum Gasteiger partial charge on any atom is -0.462 e. The lowest BCUT2D eigenvalue weighted by molar-refractivity contribution is -0.161. The summed E-state index contributed by atoms with van der Waals surface area (Å²) in [6.07, 6.45) is 30.6. The Bertz CT molecular complexity index is 1260. The molecule has 0 fully saturated rings. The lowest BCUT2D eigenvalue weighted by atomic mass is 10.0.